The predicted octanol–water partition coefficient (Wildman–Crippen LogP) is 0.538. The second kappa shape index (κ2) is 36.8. The van der Waals surface area contributed by atoms with E-state index in [1.165, 1.54) is 0 Å². The Bertz CT molecular complexity index is 198. The van der Waals surface area contributed by atoms with Gasteiger partial charge in [0.25, 0.3) is 0 Å². The molecule has 0 saturated heterocycles. The molecule has 0 aromatic rings. The van der Waals surface area contributed by atoms with Crippen molar-refractivity contribution in [2.45, 2.75) is 0 Å². The van der Waals surface area contributed by atoms with Crippen LogP contribution >= 0.6 is 25.8 Å². The minimum Gasteiger partial charge on any atom is -0.389 e. The molecule has 87 valence electrons. The maximum atomic E-state index is 9.22. The van der Waals surface area contributed by atoms with Gasteiger partial charge in [-0.1, -0.05) is 0 Å². The molecule has 0 heterocycles. The van der Waals surface area contributed by atoms with E-state index >= 15 is 0 Å². The average molecular weight is 322 g/mol. The molecule has 0 bridgehead atoms. The van der Waals surface area contributed by atoms with E-state index in [4.69, 9.17) is 0 Å². The van der Waals surface area contributed by atoms with Gasteiger partial charge in [0.15, 0.2) is 0 Å². The third kappa shape index (κ3) is 72.2. The second-order valence-corrected chi connectivity index (χ2v) is 2.22. The number of hydrogen-bond donors (Lipinski definition) is 3. The summed E-state index contributed by atoms with van der Waals surface area (Å²) in [6, 6.07) is 0. The zero-order chi connectivity index (χ0) is 12.4. The van der Waals surface area contributed by atoms with E-state index in [9.17, 15) is 13.7 Å². The molecule has 0 aliphatic carbocycles. The van der Waals surface area contributed by atoms with Gasteiger partial charge >= 0.3 is 43.2 Å². The van der Waals surface area contributed by atoms with E-state index < -0.39 is 0 Å². The van der Waals surface area contributed by atoms with E-state index in [2.05, 4.69) is 31.5 Å². The summed E-state index contributed by atoms with van der Waals surface area (Å²) in [6.45, 7) is 0. The quantitative estimate of drug-likeness (QED) is 0.389. The SMILES string of the molecule is NC=NP=O.NC=NP=O.NC=NP=O.[Cr+3]. The van der Waals surface area contributed by atoms with Gasteiger partial charge in [0.2, 0.25) is 0 Å². The minimum absolute atomic E-state index is 0. The van der Waals surface area contributed by atoms with Crippen molar-refractivity contribution in [2.24, 2.45) is 31.5 Å². The molecular weight excluding hydrogens is 313 g/mol. The normalized spacial score (nSPS) is 9.75. The van der Waals surface area contributed by atoms with E-state index in [1.54, 1.807) is 0 Å². The monoisotopic (exact) mass is 322 g/mol. The van der Waals surface area contributed by atoms with Gasteiger partial charge in [0.1, 0.15) is 0 Å². The first-order valence-corrected chi connectivity index (χ1v) is 5.22. The van der Waals surface area contributed by atoms with Crippen molar-refractivity contribution in [3.05, 3.63) is 0 Å². The number of nitrogens with two attached hydrogens (primary N) is 3. The predicted molar refractivity (Wildman–Crippen MR) is 60.9 cm³/mol. The standard InChI is InChI=1S/3CH3N2OP.Cr/c3*2-1-3-5-4;/h3*1H,(H2,2,3,4);/q;;;+3. The topological polar surface area (TPSA) is 166 Å². The number of rotatable bonds is 3. The zero-order valence-electron chi connectivity index (χ0n) is 7.78. The Morgan fingerprint density at radius 1 is 0.688 bits per heavy atom. The van der Waals surface area contributed by atoms with Crippen LogP contribution < -0.4 is 17.2 Å². The van der Waals surface area contributed by atoms with Crippen LogP contribution in [0.4, 0.5) is 0 Å². The van der Waals surface area contributed by atoms with Crippen molar-refractivity contribution in [3.8, 4) is 0 Å². The van der Waals surface area contributed by atoms with Gasteiger partial charge in [-0.25, -0.2) is 13.7 Å². The fourth-order valence-corrected chi connectivity index (χ4v) is 0.245. The first-order chi connectivity index (χ1) is 7.24. The summed E-state index contributed by atoms with van der Waals surface area (Å²) in [4.78, 5) is 0. The summed E-state index contributed by atoms with van der Waals surface area (Å²) >= 11 is 0. The molecule has 6 N–H and O–H groups in total. The Labute approximate surface area is 108 Å². The third-order valence-electron chi connectivity index (χ3n) is 0.341. The van der Waals surface area contributed by atoms with Gasteiger partial charge in [-0.3, -0.25) is 0 Å². The average Bonchev–Trinajstić information content (AvgIpc) is 2.23. The summed E-state index contributed by atoms with van der Waals surface area (Å²) < 4.78 is 36.8. The molecule has 1 radical (unpaired) electrons. The Balaban J connectivity index is -0.0000000655. The molecule has 0 aliphatic heterocycles. The van der Waals surface area contributed by atoms with E-state index in [0.29, 0.717) is 0 Å². The molecule has 0 atom stereocenters. The van der Waals surface area contributed by atoms with Crippen molar-refractivity contribution in [3.63, 3.8) is 0 Å². The van der Waals surface area contributed by atoms with Crippen LogP contribution in [0.2, 0.25) is 0 Å². The van der Waals surface area contributed by atoms with Crippen LogP contribution in [0.1, 0.15) is 0 Å². The van der Waals surface area contributed by atoms with Crippen LogP contribution in [0, 0.1) is 0 Å². The molecule has 13 heteroatoms. The molecule has 0 amide bonds. The molecular formula is C3H9CrN6O3P3+3. The Morgan fingerprint density at radius 3 is 0.875 bits per heavy atom. The summed E-state index contributed by atoms with van der Waals surface area (Å²) in [5.41, 5.74) is 13.9. The second-order valence-electron chi connectivity index (χ2n) is 1.04. The molecule has 0 aromatic carbocycles. The van der Waals surface area contributed by atoms with Gasteiger partial charge in [-0.2, -0.15) is 14.3 Å². The van der Waals surface area contributed by atoms with Crippen LogP contribution in [0.5, 0.6) is 0 Å². The molecule has 0 aliphatic rings. The van der Waals surface area contributed by atoms with Crippen LogP contribution in [0.15, 0.2) is 14.3 Å². The zero-order valence-corrected chi connectivity index (χ0v) is 11.7. The van der Waals surface area contributed by atoms with Gasteiger partial charge in [-0.15, -0.1) is 0 Å². The molecule has 0 rings (SSSR count). The van der Waals surface area contributed by atoms with Crippen molar-refractivity contribution < 1.29 is 31.1 Å². The van der Waals surface area contributed by atoms with Crippen LogP contribution in [-0.4, -0.2) is 19.0 Å². The van der Waals surface area contributed by atoms with E-state index in [-0.39, 0.29) is 43.2 Å². The summed E-state index contributed by atoms with van der Waals surface area (Å²) in [6.07, 6.45) is 2.94. The van der Waals surface area contributed by atoms with Gasteiger partial charge in [0, 0.05) is 0 Å². The molecule has 0 fully saturated rings. The molecule has 0 aromatic heterocycles. The van der Waals surface area contributed by atoms with Crippen molar-refractivity contribution in [1.82, 2.24) is 0 Å². The minimum atomic E-state index is -0.276. The Morgan fingerprint density at radius 2 is 0.875 bits per heavy atom. The van der Waals surface area contributed by atoms with E-state index in [1.807, 2.05) is 0 Å². The largest absolute Gasteiger partial charge is 3.00 e. The van der Waals surface area contributed by atoms with Crippen LogP contribution in [-0.2, 0) is 31.1 Å². The first kappa shape index (κ1) is 24.5. The maximum Gasteiger partial charge on any atom is 3.00 e. The van der Waals surface area contributed by atoms with Crippen molar-refractivity contribution in [2.75, 3.05) is 0 Å². The Hall–Kier alpha value is -0.758. The van der Waals surface area contributed by atoms with E-state index in [0.717, 1.165) is 19.0 Å². The smallest absolute Gasteiger partial charge is 0.389 e. The third-order valence-corrected chi connectivity index (χ3v) is 1.02. The Kier molecular flexibility index (Phi) is 56.2. The summed E-state index contributed by atoms with van der Waals surface area (Å²) in [5.74, 6) is 0. The fourth-order valence-electron chi connectivity index (χ4n) is 0.0816. The summed E-state index contributed by atoms with van der Waals surface area (Å²) in [5, 5.41) is 0. The molecule has 9 nitrogen and oxygen atoms in total. The first-order valence-electron chi connectivity index (χ1n) is 2.92. The van der Waals surface area contributed by atoms with Gasteiger partial charge in [-0.05, 0) is 0 Å². The van der Waals surface area contributed by atoms with Crippen molar-refractivity contribution in [1.29, 1.82) is 0 Å². The summed E-state index contributed by atoms with van der Waals surface area (Å²) in [7, 11) is -0.828. The van der Waals surface area contributed by atoms with Gasteiger partial charge < -0.3 is 17.2 Å². The maximum absolute atomic E-state index is 9.22. The van der Waals surface area contributed by atoms with Crippen LogP contribution in [0.3, 0.4) is 0 Å². The number of nitrogens with zero attached hydrogens (tertiary/aromatic N) is 3. The molecule has 0 saturated carbocycles. The number of hydrogen-bond acceptors (Lipinski definition) is 3. The van der Waals surface area contributed by atoms with Gasteiger partial charge in [0.05, 0.1) is 19.0 Å². The fraction of sp³-hybridized carbons (Fsp3) is 0. The van der Waals surface area contributed by atoms with Crippen LogP contribution in [0.25, 0.3) is 0 Å². The molecule has 16 heavy (non-hydrogen) atoms. The van der Waals surface area contributed by atoms with Crippen molar-refractivity contribution >= 4 is 44.8 Å². The molecule has 0 unspecified atom stereocenters. The molecule has 0 spiro atoms.